The summed E-state index contributed by atoms with van der Waals surface area (Å²) in [6, 6.07) is 0. The van der Waals surface area contributed by atoms with Crippen molar-refractivity contribution in [1.29, 1.82) is 0 Å². The van der Waals surface area contributed by atoms with E-state index in [1.165, 1.54) is 25.7 Å². The van der Waals surface area contributed by atoms with Gasteiger partial charge in [0.2, 0.25) is 0 Å². The Morgan fingerprint density at radius 3 is 2.13 bits per heavy atom. The lowest BCUT2D eigenvalue weighted by atomic mass is 9.76. The molecule has 2 rings (SSSR count). The molecule has 2 aliphatic rings. The standard InChI is InChI=1S/C12H21FO2/c1-9-2-4-10(5-3-9)11-7-14-12(6-13)15-8-11/h9-12H,2-8H2,1H3. The van der Waals surface area contributed by atoms with Crippen LogP contribution in [0.15, 0.2) is 0 Å². The fourth-order valence-corrected chi connectivity index (χ4v) is 2.68. The summed E-state index contributed by atoms with van der Waals surface area (Å²) in [5.74, 6) is 2.12. The molecule has 0 spiro atoms. The van der Waals surface area contributed by atoms with Crippen LogP contribution in [0.3, 0.4) is 0 Å². The number of ether oxygens (including phenoxy) is 2. The number of rotatable bonds is 2. The van der Waals surface area contributed by atoms with Crippen LogP contribution in [-0.2, 0) is 9.47 Å². The van der Waals surface area contributed by atoms with Crippen LogP contribution >= 0.6 is 0 Å². The Labute approximate surface area is 91.1 Å². The van der Waals surface area contributed by atoms with E-state index in [1.54, 1.807) is 0 Å². The summed E-state index contributed by atoms with van der Waals surface area (Å²) >= 11 is 0. The second-order valence-electron chi connectivity index (χ2n) is 5.03. The van der Waals surface area contributed by atoms with Crippen LogP contribution in [0.2, 0.25) is 0 Å². The largest absolute Gasteiger partial charge is 0.350 e. The van der Waals surface area contributed by atoms with Gasteiger partial charge in [-0.2, -0.15) is 0 Å². The molecule has 0 radical (unpaired) electrons. The van der Waals surface area contributed by atoms with E-state index in [4.69, 9.17) is 9.47 Å². The Bertz CT molecular complexity index is 182. The average molecular weight is 216 g/mol. The SMILES string of the molecule is CC1CCC(C2COC(CF)OC2)CC1. The highest BCUT2D eigenvalue weighted by Gasteiger charge is 2.30. The molecule has 2 fully saturated rings. The first-order valence-corrected chi connectivity index (χ1v) is 6.08. The molecule has 1 saturated carbocycles. The predicted octanol–water partition coefficient (Wildman–Crippen LogP) is 2.77. The fraction of sp³-hybridized carbons (Fsp3) is 1.00. The highest BCUT2D eigenvalue weighted by atomic mass is 19.1. The summed E-state index contributed by atoms with van der Waals surface area (Å²) in [5.41, 5.74) is 0. The van der Waals surface area contributed by atoms with Crippen molar-refractivity contribution in [1.82, 2.24) is 0 Å². The third-order valence-corrected chi connectivity index (χ3v) is 3.85. The lowest BCUT2D eigenvalue weighted by Gasteiger charge is -2.36. The van der Waals surface area contributed by atoms with Gasteiger partial charge >= 0.3 is 0 Å². The predicted molar refractivity (Wildman–Crippen MR) is 56.3 cm³/mol. The van der Waals surface area contributed by atoms with Gasteiger partial charge in [-0.15, -0.1) is 0 Å². The van der Waals surface area contributed by atoms with Crippen molar-refractivity contribution >= 4 is 0 Å². The van der Waals surface area contributed by atoms with Crippen LogP contribution in [0.25, 0.3) is 0 Å². The fourth-order valence-electron chi connectivity index (χ4n) is 2.68. The lowest BCUT2D eigenvalue weighted by molar-refractivity contribution is -0.215. The van der Waals surface area contributed by atoms with E-state index in [0.29, 0.717) is 19.1 Å². The summed E-state index contributed by atoms with van der Waals surface area (Å²) in [4.78, 5) is 0. The first-order chi connectivity index (χ1) is 7.29. The highest BCUT2D eigenvalue weighted by molar-refractivity contribution is 4.77. The number of alkyl halides is 1. The molecule has 3 heteroatoms. The topological polar surface area (TPSA) is 18.5 Å². The van der Waals surface area contributed by atoms with Crippen molar-refractivity contribution in [3.8, 4) is 0 Å². The molecule has 1 heterocycles. The van der Waals surface area contributed by atoms with Gasteiger partial charge in [0.25, 0.3) is 0 Å². The minimum atomic E-state index is -0.594. The van der Waals surface area contributed by atoms with Gasteiger partial charge in [-0.05, 0) is 24.7 Å². The molecule has 1 saturated heterocycles. The molecule has 0 N–H and O–H groups in total. The smallest absolute Gasteiger partial charge is 0.185 e. The highest BCUT2D eigenvalue weighted by Crippen LogP contribution is 2.34. The second kappa shape index (κ2) is 5.26. The molecule has 1 aliphatic carbocycles. The summed E-state index contributed by atoms with van der Waals surface area (Å²) in [5, 5.41) is 0. The maximum atomic E-state index is 12.2. The molecule has 2 nitrogen and oxygen atoms in total. The van der Waals surface area contributed by atoms with E-state index < -0.39 is 13.0 Å². The molecule has 0 amide bonds. The van der Waals surface area contributed by atoms with Gasteiger partial charge in [-0.3, -0.25) is 0 Å². The minimum absolute atomic E-state index is 0.500. The number of halogens is 1. The van der Waals surface area contributed by atoms with Crippen LogP contribution in [0, 0.1) is 17.8 Å². The average Bonchev–Trinajstić information content (AvgIpc) is 2.30. The van der Waals surface area contributed by atoms with E-state index in [1.807, 2.05) is 0 Å². The molecular formula is C12H21FO2. The van der Waals surface area contributed by atoms with E-state index in [2.05, 4.69) is 6.92 Å². The summed E-state index contributed by atoms with van der Waals surface area (Å²) in [7, 11) is 0. The Morgan fingerprint density at radius 2 is 1.60 bits per heavy atom. The van der Waals surface area contributed by atoms with Gasteiger partial charge < -0.3 is 9.47 Å². The van der Waals surface area contributed by atoms with Crippen LogP contribution in [0.5, 0.6) is 0 Å². The van der Waals surface area contributed by atoms with Crippen molar-refractivity contribution < 1.29 is 13.9 Å². The maximum Gasteiger partial charge on any atom is 0.185 e. The molecule has 0 bridgehead atoms. The van der Waals surface area contributed by atoms with E-state index in [0.717, 1.165) is 11.8 Å². The van der Waals surface area contributed by atoms with Crippen LogP contribution in [0.1, 0.15) is 32.6 Å². The van der Waals surface area contributed by atoms with E-state index in [-0.39, 0.29) is 0 Å². The van der Waals surface area contributed by atoms with Crippen molar-refractivity contribution in [2.45, 2.75) is 38.9 Å². The monoisotopic (exact) mass is 216 g/mol. The second-order valence-corrected chi connectivity index (χ2v) is 5.03. The molecule has 1 aliphatic heterocycles. The molecule has 15 heavy (non-hydrogen) atoms. The van der Waals surface area contributed by atoms with Gasteiger partial charge in [-0.1, -0.05) is 19.8 Å². The third-order valence-electron chi connectivity index (χ3n) is 3.85. The van der Waals surface area contributed by atoms with Crippen molar-refractivity contribution in [3.63, 3.8) is 0 Å². The number of hydrogen-bond donors (Lipinski definition) is 0. The van der Waals surface area contributed by atoms with E-state index in [9.17, 15) is 4.39 Å². The zero-order valence-corrected chi connectivity index (χ0v) is 9.45. The van der Waals surface area contributed by atoms with Gasteiger partial charge in [0, 0.05) is 5.92 Å². The quantitative estimate of drug-likeness (QED) is 0.706. The van der Waals surface area contributed by atoms with Gasteiger partial charge in [0.05, 0.1) is 13.2 Å². The Hall–Kier alpha value is -0.150. The summed E-state index contributed by atoms with van der Waals surface area (Å²) in [6.07, 6.45) is 4.64. The number of hydrogen-bond acceptors (Lipinski definition) is 2. The van der Waals surface area contributed by atoms with Gasteiger partial charge in [0.15, 0.2) is 6.29 Å². The third kappa shape index (κ3) is 2.91. The Balaban J connectivity index is 1.75. The molecule has 0 aromatic heterocycles. The normalized spacial score (nSPS) is 42.8. The molecule has 0 unspecified atom stereocenters. The van der Waals surface area contributed by atoms with Crippen LogP contribution in [0.4, 0.5) is 4.39 Å². The molecule has 88 valence electrons. The lowest BCUT2D eigenvalue weighted by Crippen LogP contribution is -2.38. The summed E-state index contributed by atoms with van der Waals surface area (Å²) < 4.78 is 22.9. The Kier molecular flexibility index (Phi) is 3.98. The molecular weight excluding hydrogens is 195 g/mol. The Morgan fingerprint density at radius 1 is 1.00 bits per heavy atom. The van der Waals surface area contributed by atoms with Crippen molar-refractivity contribution in [2.24, 2.45) is 17.8 Å². The summed E-state index contributed by atoms with van der Waals surface area (Å²) in [6.45, 7) is 3.18. The van der Waals surface area contributed by atoms with Crippen molar-refractivity contribution in [3.05, 3.63) is 0 Å². The minimum Gasteiger partial charge on any atom is -0.350 e. The van der Waals surface area contributed by atoms with Gasteiger partial charge in [-0.25, -0.2) is 4.39 Å². The maximum absolute atomic E-state index is 12.2. The van der Waals surface area contributed by atoms with Crippen LogP contribution in [-0.4, -0.2) is 26.2 Å². The molecule has 0 aromatic carbocycles. The zero-order chi connectivity index (χ0) is 10.7. The first-order valence-electron chi connectivity index (χ1n) is 6.08. The molecule has 0 aromatic rings. The van der Waals surface area contributed by atoms with E-state index >= 15 is 0 Å². The van der Waals surface area contributed by atoms with Gasteiger partial charge in [0.1, 0.15) is 6.67 Å². The van der Waals surface area contributed by atoms with Crippen molar-refractivity contribution in [2.75, 3.05) is 19.9 Å². The molecule has 0 atom stereocenters. The zero-order valence-electron chi connectivity index (χ0n) is 9.45. The van der Waals surface area contributed by atoms with Crippen LogP contribution < -0.4 is 0 Å². The first kappa shape index (κ1) is 11.3.